The van der Waals surface area contributed by atoms with Crippen molar-refractivity contribution in [3.63, 3.8) is 0 Å². The fourth-order valence-electron chi connectivity index (χ4n) is 10.5. The molecule has 0 atom stereocenters. The van der Waals surface area contributed by atoms with Gasteiger partial charge in [0.1, 0.15) is 0 Å². The molecule has 0 saturated heterocycles. The maximum Gasteiger partial charge on any atom is 0.0434 e. The third-order valence-electron chi connectivity index (χ3n) is 13.2. The zero-order chi connectivity index (χ0) is 42.7. The maximum absolute atomic E-state index is 5.84. The number of thiophene rings is 1. The van der Waals surface area contributed by atoms with E-state index in [1.54, 1.807) is 0 Å². The van der Waals surface area contributed by atoms with Crippen LogP contribution >= 0.6 is 11.3 Å². The van der Waals surface area contributed by atoms with Crippen LogP contribution in [-0.2, 0) is 0 Å². The van der Waals surface area contributed by atoms with E-state index in [1.807, 2.05) is 17.4 Å². The normalized spacial score (nSPS) is 11.8. The average molecular weight is 829 g/mol. The summed E-state index contributed by atoms with van der Waals surface area (Å²) in [6, 6.07) is 75.8. The van der Waals surface area contributed by atoms with Gasteiger partial charge < -0.3 is 0 Å². The number of rotatable bonds is 6. The van der Waals surface area contributed by atoms with Gasteiger partial charge in [0.25, 0.3) is 0 Å². The molecular weight excluding hydrogens is 789 g/mol. The molecule has 1 heterocycles. The number of fused-ring (bicyclic) bond motifs is 7. The van der Waals surface area contributed by atoms with Gasteiger partial charge in [0.15, 0.2) is 0 Å². The van der Waals surface area contributed by atoms with E-state index in [1.165, 1.54) is 124 Å². The van der Waals surface area contributed by atoms with Crippen molar-refractivity contribution in [2.24, 2.45) is 0 Å². The quantitative estimate of drug-likeness (QED) is 0.116. The molecule has 1 heteroatoms. The van der Waals surface area contributed by atoms with Crippen LogP contribution in [0.5, 0.6) is 0 Å². The van der Waals surface area contributed by atoms with Crippen molar-refractivity contribution in [1.29, 1.82) is 0 Å². The molecule has 64 heavy (non-hydrogen) atoms. The summed E-state index contributed by atoms with van der Waals surface area (Å²) < 4.78 is 2.57. The van der Waals surface area contributed by atoms with Gasteiger partial charge in [-0.2, -0.15) is 0 Å². The molecule has 0 aliphatic carbocycles. The van der Waals surface area contributed by atoms with Crippen LogP contribution in [0, 0.1) is 19.3 Å². The van der Waals surface area contributed by atoms with Crippen LogP contribution in [0.4, 0.5) is 0 Å². The fraction of sp³-hybridized carbons (Fsp3) is 0.0159. The fourth-order valence-corrected chi connectivity index (χ4v) is 11.7. The molecule has 1 aromatic heterocycles. The molecule has 0 nitrogen and oxygen atoms in total. The van der Waals surface area contributed by atoms with E-state index in [0.29, 0.717) is 0 Å². The van der Waals surface area contributed by atoms with E-state index >= 15 is 0 Å². The molecule has 0 aliphatic rings. The number of terminal acetylenes is 1. The second-order valence-corrected chi connectivity index (χ2v) is 17.7. The topological polar surface area (TPSA) is 0 Å². The Morgan fingerprint density at radius 3 is 1.47 bits per heavy atom. The first-order chi connectivity index (χ1) is 31.7. The Hall–Kier alpha value is -8.02. The monoisotopic (exact) mass is 828 g/mol. The Kier molecular flexibility index (Phi) is 9.08. The molecule has 0 aliphatic heterocycles. The Morgan fingerprint density at radius 2 is 0.859 bits per heavy atom. The highest BCUT2D eigenvalue weighted by atomic mass is 32.1. The SMILES string of the molecule is C#C/C=C\c1c(C)c(-c2ccc3sc4c(-c5c6ccccc6c(-c6ccc(-c7ccccc7)c7ccccc67)c6ccccc56)cccc4c3c2)c2ccccc2c1-c1ccccc1. The van der Waals surface area contributed by atoms with Crippen molar-refractivity contribution in [2.75, 3.05) is 0 Å². The molecular formula is C63H40S. The van der Waals surface area contributed by atoms with Crippen LogP contribution < -0.4 is 0 Å². The van der Waals surface area contributed by atoms with E-state index in [9.17, 15) is 0 Å². The Bertz CT molecular complexity index is 3840. The highest BCUT2D eigenvalue weighted by molar-refractivity contribution is 7.26. The van der Waals surface area contributed by atoms with Crippen molar-refractivity contribution in [1.82, 2.24) is 0 Å². The second kappa shape index (κ2) is 15.4. The Labute approximate surface area is 377 Å². The minimum atomic E-state index is 1.15. The molecule has 12 aromatic rings. The van der Waals surface area contributed by atoms with Crippen molar-refractivity contribution in [3.05, 3.63) is 223 Å². The molecule has 0 unspecified atom stereocenters. The van der Waals surface area contributed by atoms with Gasteiger partial charge in [-0.3, -0.25) is 0 Å². The number of benzene rings is 11. The van der Waals surface area contributed by atoms with Crippen LogP contribution in [0.15, 0.2) is 212 Å². The molecule has 0 N–H and O–H groups in total. The third kappa shape index (κ3) is 5.92. The molecule has 0 saturated carbocycles. The summed E-state index contributed by atoms with van der Waals surface area (Å²) in [6.45, 7) is 2.25. The molecule has 0 bridgehead atoms. The van der Waals surface area contributed by atoms with E-state index < -0.39 is 0 Å². The molecule has 11 aromatic carbocycles. The summed E-state index contributed by atoms with van der Waals surface area (Å²) in [6.07, 6.45) is 9.78. The number of allylic oxidation sites excluding steroid dienone is 1. The van der Waals surface area contributed by atoms with Gasteiger partial charge in [0, 0.05) is 25.7 Å². The highest BCUT2D eigenvalue weighted by Gasteiger charge is 2.23. The summed E-state index contributed by atoms with van der Waals surface area (Å²) in [5, 5.41) is 12.5. The molecule has 0 spiro atoms. The summed E-state index contributed by atoms with van der Waals surface area (Å²) in [4.78, 5) is 0. The minimum absolute atomic E-state index is 1.15. The zero-order valence-corrected chi connectivity index (χ0v) is 36.1. The predicted octanol–water partition coefficient (Wildman–Crippen LogP) is 18.0. The molecule has 0 fully saturated rings. The lowest BCUT2D eigenvalue weighted by Gasteiger charge is -2.20. The standard InChI is InChI=1S/C63H40S/c1-3-4-24-44-40(2)59(48-27-13-14-28-49(48)60(44)42-22-9-6-10-23-42)43-35-38-58-57(39-43)55-33-19-34-56(63(55)64-58)62-52-31-17-15-29-50(52)61(51-30-16-18-32-53(51)62)54-37-36-45(41-20-7-5-8-21-41)46-25-11-12-26-47(46)54/h1,4-39H,2H3/b24-4-. The van der Waals surface area contributed by atoms with Gasteiger partial charge in [0.2, 0.25) is 0 Å². The van der Waals surface area contributed by atoms with E-state index in [0.717, 1.165) is 5.56 Å². The Balaban J connectivity index is 1.08. The van der Waals surface area contributed by atoms with Gasteiger partial charge in [-0.25, -0.2) is 0 Å². The molecule has 0 radical (unpaired) electrons. The van der Waals surface area contributed by atoms with Gasteiger partial charge in [0.05, 0.1) is 0 Å². The smallest absolute Gasteiger partial charge is 0.0434 e. The lowest BCUT2D eigenvalue weighted by atomic mass is 9.83. The van der Waals surface area contributed by atoms with Crippen molar-refractivity contribution in [2.45, 2.75) is 6.92 Å². The summed E-state index contributed by atoms with van der Waals surface area (Å²) in [5.41, 5.74) is 14.7. The summed E-state index contributed by atoms with van der Waals surface area (Å²) in [7, 11) is 0. The predicted molar refractivity (Wildman–Crippen MR) is 279 cm³/mol. The van der Waals surface area contributed by atoms with Crippen molar-refractivity contribution in [3.8, 4) is 68.0 Å². The maximum atomic E-state index is 5.84. The third-order valence-corrected chi connectivity index (χ3v) is 14.4. The van der Waals surface area contributed by atoms with E-state index in [4.69, 9.17) is 6.42 Å². The van der Waals surface area contributed by atoms with Crippen LogP contribution in [0.1, 0.15) is 11.1 Å². The van der Waals surface area contributed by atoms with Gasteiger partial charge in [-0.1, -0.05) is 200 Å². The van der Waals surface area contributed by atoms with Crippen molar-refractivity contribution < 1.29 is 0 Å². The van der Waals surface area contributed by atoms with Gasteiger partial charge >= 0.3 is 0 Å². The first-order valence-electron chi connectivity index (χ1n) is 21.9. The molecule has 12 rings (SSSR count). The highest BCUT2D eigenvalue weighted by Crippen LogP contribution is 2.50. The first kappa shape index (κ1) is 37.7. The first-order valence-corrected chi connectivity index (χ1v) is 22.7. The number of hydrogen-bond donors (Lipinski definition) is 0. The zero-order valence-electron chi connectivity index (χ0n) is 35.3. The van der Waals surface area contributed by atoms with Crippen LogP contribution in [0.25, 0.3) is 125 Å². The minimum Gasteiger partial charge on any atom is -0.135 e. The summed E-state index contributed by atoms with van der Waals surface area (Å²) in [5.74, 6) is 2.76. The molecule has 298 valence electrons. The van der Waals surface area contributed by atoms with Crippen LogP contribution in [0.3, 0.4) is 0 Å². The van der Waals surface area contributed by atoms with E-state index in [2.05, 4.69) is 225 Å². The Morgan fingerprint density at radius 1 is 0.375 bits per heavy atom. The van der Waals surface area contributed by atoms with Gasteiger partial charge in [-0.15, -0.1) is 17.8 Å². The lowest BCUT2D eigenvalue weighted by Crippen LogP contribution is -1.96. The largest absolute Gasteiger partial charge is 0.135 e. The van der Waals surface area contributed by atoms with Crippen LogP contribution in [-0.4, -0.2) is 0 Å². The second-order valence-electron chi connectivity index (χ2n) is 16.6. The average Bonchev–Trinajstić information content (AvgIpc) is 3.74. The van der Waals surface area contributed by atoms with Gasteiger partial charge in [-0.05, 0) is 135 Å². The summed E-state index contributed by atoms with van der Waals surface area (Å²) >= 11 is 1.89. The lowest BCUT2D eigenvalue weighted by molar-refractivity contribution is 1.46. The number of hydrogen-bond acceptors (Lipinski definition) is 1. The van der Waals surface area contributed by atoms with Crippen molar-refractivity contribution >= 4 is 80.7 Å². The van der Waals surface area contributed by atoms with Crippen LogP contribution in [0.2, 0.25) is 0 Å². The molecule has 0 amide bonds. The van der Waals surface area contributed by atoms with E-state index in [-0.39, 0.29) is 0 Å².